The molecule has 2 rings (SSSR count). The van der Waals surface area contributed by atoms with Gasteiger partial charge in [-0.05, 0) is 78.1 Å². The van der Waals surface area contributed by atoms with Crippen LogP contribution in [0, 0.1) is 19.8 Å². The van der Waals surface area contributed by atoms with Crippen LogP contribution in [0.15, 0.2) is 23.2 Å². The number of likely N-dealkylation sites (tertiary alicyclic amines) is 1. The number of nitrogens with two attached hydrogens (primary N) is 1. The number of unbranched alkanes of at least 4 members (excludes halogenated alkanes) is 1. The molecule has 0 bridgehead atoms. The van der Waals surface area contributed by atoms with Gasteiger partial charge in [0.15, 0.2) is 5.96 Å². The molecule has 1 aromatic carbocycles. The number of rotatable bonds is 10. The van der Waals surface area contributed by atoms with Crippen molar-refractivity contribution in [1.29, 1.82) is 0 Å². The highest BCUT2D eigenvalue weighted by Gasteiger charge is 2.22. The zero-order valence-corrected chi connectivity index (χ0v) is 21.2. The minimum absolute atomic E-state index is 0. The molecule has 0 aliphatic carbocycles. The maximum Gasteiger partial charge on any atom is 0.220 e. The molecule has 6 nitrogen and oxygen atoms in total. The molecule has 4 N–H and O–H groups in total. The van der Waals surface area contributed by atoms with Gasteiger partial charge < -0.3 is 21.3 Å². The Balaban J connectivity index is 0.00000450. The van der Waals surface area contributed by atoms with Gasteiger partial charge in [0.05, 0.1) is 0 Å². The molecule has 30 heavy (non-hydrogen) atoms. The number of amides is 1. The minimum atomic E-state index is -0.139. The van der Waals surface area contributed by atoms with Crippen LogP contribution in [0.3, 0.4) is 0 Å². The van der Waals surface area contributed by atoms with Crippen molar-refractivity contribution in [2.45, 2.75) is 52.9 Å². The molecule has 1 aliphatic rings. The second kappa shape index (κ2) is 14.6. The molecule has 0 unspecified atom stereocenters. The SMILES string of the molecule is CCNC(=NCCCCN1CCC(C(N)=O)CC1)NCCc1cc(C)cc(C)c1.I. The van der Waals surface area contributed by atoms with Crippen LogP contribution >= 0.6 is 24.0 Å². The second-order valence-corrected chi connectivity index (χ2v) is 8.16. The average Bonchev–Trinajstić information content (AvgIpc) is 2.67. The van der Waals surface area contributed by atoms with Crippen LogP contribution in [0.4, 0.5) is 0 Å². The van der Waals surface area contributed by atoms with Crippen molar-refractivity contribution in [2.24, 2.45) is 16.6 Å². The Morgan fingerprint density at radius 1 is 1.13 bits per heavy atom. The predicted molar refractivity (Wildman–Crippen MR) is 137 cm³/mol. The van der Waals surface area contributed by atoms with Gasteiger partial charge in [-0.15, -0.1) is 24.0 Å². The van der Waals surface area contributed by atoms with Gasteiger partial charge in [-0.25, -0.2) is 0 Å². The third kappa shape index (κ3) is 10.1. The Kier molecular flexibility index (Phi) is 13.0. The summed E-state index contributed by atoms with van der Waals surface area (Å²) in [5.41, 5.74) is 9.41. The van der Waals surface area contributed by atoms with Crippen LogP contribution in [-0.2, 0) is 11.2 Å². The summed E-state index contributed by atoms with van der Waals surface area (Å²) in [5, 5.41) is 6.78. The fourth-order valence-corrected chi connectivity index (χ4v) is 3.96. The number of nitrogens with one attached hydrogen (secondary N) is 2. The lowest BCUT2D eigenvalue weighted by molar-refractivity contribution is -0.123. The van der Waals surface area contributed by atoms with Crippen molar-refractivity contribution < 1.29 is 4.79 Å². The first-order valence-corrected chi connectivity index (χ1v) is 11.1. The number of benzene rings is 1. The number of guanidine groups is 1. The number of piperidine rings is 1. The standard InChI is InChI=1S/C23H39N5O.HI/c1-4-25-23(27-11-7-20-16-18(2)15-19(3)17-20)26-10-5-6-12-28-13-8-21(9-14-28)22(24)29;/h15-17,21H,4-14H2,1-3H3,(H2,24,29)(H2,25,26,27);1H. The number of hydrogen-bond donors (Lipinski definition) is 3. The highest BCUT2D eigenvalue weighted by molar-refractivity contribution is 14.0. The van der Waals surface area contributed by atoms with Gasteiger partial charge in [-0.1, -0.05) is 29.3 Å². The molecule has 7 heteroatoms. The van der Waals surface area contributed by atoms with E-state index in [2.05, 4.69) is 54.5 Å². The van der Waals surface area contributed by atoms with Crippen LogP contribution in [0.25, 0.3) is 0 Å². The first-order chi connectivity index (χ1) is 14.0. The summed E-state index contributed by atoms with van der Waals surface area (Å²) in [6.45, 7) is 12.0. The molecule has 0 saturated carbocycles. The molecular weight excluding hydrogens is 489 g/mol. The van der Waals surface area contributed by atoms with E-state index in [9.17, 15) is 4.79 Å². The first-order valence-electron chi connectivity index (χ1n) is 11.1. The van der Waals surface area contributed by atoms with Gasteiger partial charge in [-0.3, -0.25) is 9.79 Å². The van der Waals surface area contributed by atoms with Crippen LogP contribution in [0.5, 0.6) is 0 Å². The fourth-order valence-electron chi connectivity index (χ4n) is 3.96. The summed E-state index contributed by atoms with van der Waals surface area (Å²) in [6.07, 6.45) is 5.01. The Labute approximate surface area is 199 Å². The molecule has 1 aliphatic heterocycles. The fraction of sp³-hybridized carbons (Fsp3) is 0.652. The van der Waals surface area contributed by atoms with E-state index >= 15 is 0 Å². The quantitative estimate of drug-likeness (QED) is 0.188. The largest absolute Gasteiger partial charge is 0.369 e. The molecule has 0 atom stereocenters. The number of hydrogen-bond acceptors (Lipinski definition) is 3. The molecule has 1 amide bonds. The van der Waals surface area contributed by atoms with E-state index in [1.54, 1.807) is 0 Å². The number of aliphatic imine (C=N–C) groups is 1. The molecule has 0 aromatic heterocycles. The number of aryl methyl sites for hydroxylation is 2. The van der Waals surface area contributed by atoms with E-state index in [4.69, 9.17) is 10.7 Å². The highest BCUT2D eigenvalue weighted by atomic mass is 127. The highest BCUT2D eigenvalue weighted by Crippen LogP contribution is 2.16. The normalized spacial score (nSPS) is 15.5. The number of carbonyl (C=O) groups excluding carboxylic acids is 1. The van der Waals surface area contributed by atoms with Gasteiger partial charge in [0.2, 0.25) is 5.91 Å². The number of carbonyl (C=O) groups is 1. The van der Waals surface area contributed by atoms with Gasteiger partial charge in [-0.2, -0.15) is 0 Å². The smallest absolute Gasteiger partial charge is 0.220 e. The van der Waals surface area contributed by atoms with Crippen molar-refractivity contribution >= 4 is 35.8 Å². The molecule has 1 heterocycles. The number of primary amides is 1. The summed E-state index contributed by atoms with van der Waals surface area (Å²) in [6, 6.07) is 6.72. The van der Waals surface area contributed by atoms with Crippen molar-refractivity contribution in [3.05, 3.63) is 34.9 Å². The average molecular weight is 530 g/mol. The van der Waals surface area contributed by atoms with Crippen LogP contribution in [0.1, 0.15) is 49.3 Å². The van der Waals surface area contributed by atoms with Crippen molar-refractivity contribution in [3.63, 3.8) is 0 Å². The third-order valence-electron chi connectivity index (χ3n) is 5.47. The van der Waals surface area contributed by atoms with Gasteiger partial charge in [0.25, 0.3) is 0 Å². The molecule has 170 valence electrons. The van der Waals surface area contributed by atoms with E-state index in [1.807, 2.05) is 0 Å². The summed E-state index contributed by atoms with van der Waals surface area (Å²) in [7, 11) is 0. The van der Waals surface area contributed by atoms with Crippen LogP contribution in [-0.4, -0.2) is 56.0 Å². The van der Waals surface area contributed by atoms with Gasteiger partial charge >= 0.3 is 0 Å². The topological polar surface area (TPSA) is 82.8 Å². The summed E-state index contributed by atoms with van der Waals surface area (Å²) in [4.78, 5) is 18.4. The Morgan fingerprint density at radius 3 is 2.40 bits per heavy atom. The molecular formula is C23H40IN5O. The minimum Gasteiger partial charge on any atom is -0.369 e. The maximum absolute atomic E-state index is 11.2. The summed E-state index contributed by atoms with van der Waals surface area (Å²) >= 11 is 0. The third-order valence-corrected chi connectivity index (χ3v) is 5.47. The zero-order chi connectivity index (χ0) is 21.1. The molecule has 1 aromatic rings. The van der Waals surface area contributed by atoms with Crippen LogP contribution < -0.4 is 16.4 Å². The molecule has 1 fully saturated rings. The van der Waals surface area contributed by atoms with Crippen LogP contribution in [0.2, 0.25) is 0 Å². The molecule has 1 saturated heterocycles. The number of halogens is 1. The first kappa shape index (κ1) is 26.7. The van der Waals surface area contributed by atoms with Gasteiger partial charge in [0.1, 0.15) is 0 Å². The zero-order valence-electron chi connectivity index (χ0n) is 18.9. The lowest BCUT2D eigenvalue weighted by atomic mass is 9.96. The summed E-state index contributed by atoms with van der Waals surface area (Å²) < 4.78 is 0. The Bertz CT molecular complexity index is 651. The van der Waals surface area contributed by atoms with Crippen molar-refractivity contribution in [2.75, 3.05) is 39.3 Å². The lowest BCUT2D eigenvalue weighted by Crippen LogP contribution is -2.39. The van der Waals surface area contributed by atoms with E-state index in [0.717, 1.165) is 77.3 Å². The Morgan fingerprint density at radius 2 is 1.80 bits per heavy atom. The van der Waals surface area contributed by atoms with Gasteiger partial charge in [0, 0.05) is 25.6 Å². The lowest BCUT2D eigenvalue weighted by Gasteiger charge is -2.30. The van der Waals surface area contributed by atoms with E-state index in [-0.39, 0.29) is 35.8 Å². The second-order valence-electron chi connectivity index (χ2n) is 8.16. The number of nitrogens with zero attached hydrogens (tertiary/aromatic N) is 2. The van der Waals surface area contributed by atoms with Crippen molar-refractivity contribution in [1.82, 2.24) is 15.5 Å². The van der Waals surface area contributed by atoms with E-state index < -0.39 is 0 Å². The molecule has 0 spiro atoms. The van der Waals surface area contributed by atoms with E-state index in [0.29, 0.717) is 0 Å². The Hall–Kier alpha value is -1.35. The monoisotopic (exact) mass is 529 g/mol. The summed E-state index contributed by atoms with van der Waals surface area (Å²) in [5.74, 6) is 0.840. The van der Waals surface area contributed by atoms with Crippen molar-refractivity contribution in [3.8, 4) is 0 Å². The van der Waals surface area contributed by atoms with E-state index in [1.165, 1.54) is 16.7 Å². The maximum atomic E-state index is 11.2. The predicted octanol–water partition coefficient (Wildman–Crippen LogP) is 3.00. The molecule has 0 radical (unpaired) electrons.